The molecule has 0 bridgehead atoms. The standard InChI is InChI=1S/C23H24ClN5O2S/c1-14(20-25-21(28-31-20)23(2,3)4)32-22-27-26-19(17-8-6-7-9-18(17)30-5)29(22)16-12-10-15(24)11-13-16/h6-14H,1-5H3. The molecule has 4 aromatic rings. The van der Waals surface area contributed by atoms with Gasteiger partial charge in [0, 0.05) is 16.1 Å². The quantitative estimate of drug-likeness (QED) is 0.314. The summed E-state index contributed by atoms with van der Waals surface area (Å²) < 4.78 is 13.1. The van der Waals surface area contributed by atoms with E-state index in [1.54, 1.807) is 7.11 Å². The molecule has 2 aromatic heterocycles. The summed E-state index contributed by atoms with van der Waals surface area (Å²) in [5, 5.41) is 14.3. The van der Waals surface area contributed by atoms with Crippen LogP contribution in [0.3, 0.4) is 0 Å². The fourth-order valence-corrected chi connectivity index (χ4v) is 4.11. The van der Waals surface area contributed by atoms with Crippen LogP contribution in [-0.4, -0.2) is 32.0 Å². The van der Waals surface area contributed by atoms with E-state index < -0.39 is 0 Å². The molecule has 0 saturated carbocycles. The zero-order valence-electron chi connectivity index (χ0n) is 18.5. The van der Waals surface area contributed by atoms with Crippen molar-refractivity contribution in [2.45, 2.75) is 43.5 Å². The first kappa shape index (κ1) is 22.4. The summed E-state index contributed by atoms with van der Waals surface area (Å²) in [6.45, 7) is 8.16. The Balaban J connectivity index is 1.76. The number of halogens is 1. The minimum Gasteiger partial charge on any atom is -0.496 e. The van der Waals surface area contributed by atoms with Gasteiger partial charge < -0.3 is 9.26 Å². The van der Waals surface area contributed by atoms with Gasteiger partial charge in [-0.2, -0.15) is 4.98 Å². The smallest absolute Gasteiger partial charge is 0.239 e. The van der Waals surface area contributed by atoms with Crippen LogP contribution in [-0.2, 0) is 5.41 Å². The largest absolute Gasteiger partial charge is 0.496 e. The molecule has 0 amide bonds. The van der Waals surface area contributed by atoms with Crippen LogP contribution in [0.2, 0.25) is 5.02 Å². The predicted molar refractivity (Wildman–Crippen MR) is 126 cm³/mol. The molecule has 1 atom stereocenters. The molecule has 9 heteroatoms. The number of methoxy groups -OCH3 is 1. The molecular weight excluding hydrogens is 446 g/mol. The van der Waals surface area contributed by atoms with Crippen LogP contribution >= 0.6 is 23.4 Å². The molecule has 32 heavy (non-hydrogen) atoms. The zero-order chi connectivity index (χ0) is 22.9. The molecule has 1 unspecified atom stereocenters. The van der Waals surface area contributed by atoms with Gasteiger partial charge in [-0.15, -0.1) is 10.2 Å². The molecule has 0 N–H and O–H groups in total. The lowest BCUT2D eigenvalue weighted by molar-refractivity contribution is 0.364. The number of nitrogens with zero attached hydrogens (tertiary/aromatic N) is 5. The highest BCUT2D eigenvalue weighted by Crippen LogP contribution is 2.38. The topological polar surface area (TPSA) is 78.9 Å². The van der Waals surface area contributed by atoms with Gasteiger partial charge >= 0.3 is 0 Å². The molecule has 0 radical (unpaired) electrons. The van der Waals surface area contributed by atoms with Crippen molar-refractivity contribution < 1.29 is 9.26 Å². The summed E-state index contributed by atoms with van der Waals surface area (Å²) >= 11 is 7.62. The van der Waals surface area contributed by atoms with E-state index in [-0.39, 0.29) is 10.7 Å². The molecular formula is C23H24ClN5O2S. The molecule has 2 aromatic carbocycles. The van der Waals surface area contributed by atoms with Crippen LogP contribution < -0.4 is 4.74 Å². The zero-order valence-corrected chi connectivity index (χ0v) is 20.1. The average Bonchev–Trinajstić information content (AvgIpc) is 3.42. The highest BCUT2D eigenvalue weighted by molar-refractivity contribution is 7.99. The Bertz CT molecular complexity index is 1210. The molecule has 0 spiro atoms. The second-order valence-electron chi connectivity index (χ2n) is 8.28. The molecule has 0 aliphatic heterocycles. The van der Waals surface area contributed by atoms with Crippen molar-refractivity contribution in [3.05, 3.63) is 65.3 Å². The van der Waals surface area contributed by atoms with E-state index in [4.69, 9.17) is 20.9 Å². The van der Waals surface area contributed by atoms with E-state index in [0.29, 0.717) is 33.5 Å². The summed E-state index contributed by atoms with van der Waals surface area (Å²) in [6.07, 6.45) is 0. The van der Waals surface area contributed by atoms with Crippen molar-refractivity contribution >= 4 is 23.4 Å². The molecule has 166 valence electrons. The van der Waals surface area contributed by atoms with E-state index in [1.807, 2.05) is 60.0 Å². The molecule has 4 rings (SSSR count). The highest BCUT2D eigenvalue weighted by atomic mass is 35.5. The van der Waals surface area contributed by atoms with Gasteiger partial charge in [0.1, 0.15) is 5.75 Å². The third-order valence-electron chi connectivity index (χ3n) is 4.81. The number of ether oxygens (including phenoxy) is 1. The number of rotatable bonds is 6. The second-order valence-corrected chi connectivity index (χ2v) is 10.0. The molecule has 2 heterocycles. The van der Waals surface area contributed by atoms with Crippen molar-refractivity contribution in [1.29, 1.82) is 0 Å². The van der Waals surface area contributed by atoms with Gasteiger partial charge in [-0.3, -0.25) is 4.57 Å². The van der Waals surface area contributed by atoms with Gasteiger partial charge in [-0.1, -0.05) is 61.4 Å². The minimum absolute atomic E-state index is 0.126. The Morgan fingerprint density at radius 2 is 1.78 bits per heavy atom. The van der Waals surface area contributed by atoms with E-state index >= 15 is 0 Å². The van der Waals surface area contributed by atoms with E-state index in [2.05, 4.69) is 41.1 Å². The van der Waals surface area contributed by atoms with Crippen molar-refractivity contribution in [2.24, 2.45) is 0 Å². The fourth-order valence-electron chi connectivity index (χ4n) is 3.09. The predicted octanol–water partition coefficient (Wildman–Crippen LogP) is 6.13. The third kappa shape index (κ3) is 4.52. The van der Waals surface area contributed by atoms with Crippen molar-refractivity contribution in [3.63, 3.8) is 0 Å². The van der Waals surface area contributed by atoms with Gasteiger partial charge in [0.05, 0.1) is 17.9 Å². The number of hydrogen-bond donors (Lipinski definition) is 0. The minimum atomic E-state index is -0.188. The first-order valence-corrected chi connectivity index (χ1v) is 11.4. The molecule has 0 aliphatic carbocycles. The van der Waals surface area contributed by atoms with E-state index in [0.717, 1.165) is 11.3 Å². The lowest BCUT2D eigenvalue weighted by Crippen LogP contribution is -2.13. The van der Waals surface area contributed by atoms with Crippen molar-refractivity contribution in [2.75, 3.05) is 7.11 Å². The van der Waals surface area contributed by atoms with E-state index in [1.165, 1.54) is 11.8 Å². The summed E-state index contributed by atoms with van der Waals surface area (Å²) in [5.74, 6) is 2.60. The van der Waals surface area contributed by atoms with Crippen molar-refractivity contribution in [3.8, 4) is 22.8 Å². The fraction of sp³-hybridized carbons (Fsp3) is 0.304. The maximum absolute atomic E-state index is 6.13. The normalized spacial score (nSPS) is 12.7. The van der Waals surface area contributed by atoms with Gasteiger partial charge in [0.2, 0.25) is 5.89 Å². The number of para-hydroxylation sites is 1. The number of benzene rings is 2. The summed E-state index contributed by atoms with van der Waals surface area (Å²) in [7, 11) is 1.64. The monoisotopic (exact) mass is 469 g/mol. The number of aromatic nitrogens is 5. The first-order chi connectivity index (χ1) is 15.3. The lowest BCUT2D eigenvalue weighted by Gasteiger charge is -2.14. The molecule has 0 aliphatic rings. The molecule has 0 fully saturated rings. The van der Waals surface area contributed by atoms with Gasteiger partial charge in [0.15, 0.2) is 16.8 Å². The maximum atomic E-state index is 6.13. The third-order valence-corrected chi connectivity index (χ3v) is 6.09. The maximum Gasteiger partial charge on any atom is 0.239 e. The Kier molecular flexibility index (Phi) is 6.26. The van der Waals surface area contributed by atoms with Gasteiger partial charge in [0.25, 0.3) is 0 Å². The van der Waals surface area contributed by atoms with Crippen molar-refractivity contribution in [1.82, 2.24) is 24.9 Å². The number of hydrogen-bond acceptors (Lipinski definition) is 7. The molecule has 0 saturated heterocycles. The Hall–Kier alpha value is -2.84. The number of thioether (sulfide) groups is 1. The van der Waals surface area contributed by atoms with Crippen LogP contribution in [0.15, 0.2) is 58.2 Å². The van der Waals surface area contributed by atoms with Crippen LogP contribution in [0.1, 0.15) is 44.7 Å². The summed E-state index contributed by atoms with van der Waals surface area (Å²) in [6, 6.07) is 15.3. The van der Waals surface area contributed by atoms with Crippen LogP contribution in [0.25, 0.3) is 17.1 Å². The average molecular weight is 470 g/mol. The highest BCUT2D eigenvalue weighted by Gasteiger charge is 2.26. The van der Waals surface area contributed by atoms with Gasteiger partial charge in [-0.25, -0.2) is 0 Å². The van der Waals surface area contributed by atoms with Crippen LogP contribution in [0.4, 0.5) is 0 Å². The Morgan fingerprint density at radius 3 is 2.44 bits per heavy atom. The van der Waals surface area contributed by atoms with Crippen LogP contribution in [0, 0.1) is 0 Å². The van der Waals surface area contributed by atoms with Crippen LogP contribution in [0.5, 0.6) is 5.75 Å². The molecule has 7 nitrogen and oxygen atoms in total. The van der Waals surface area contributed by atoms with Gasteiger partial charge in [-0.05, 0) is 43.3 Å². The first-order valence-electron chi connectivity index (χ1n) is 10.1. The summed E-state index contributed by atoms with van der Waals surface area (Å²) in [5.41, 5.74) is 1.53. The SMILES string of the molecule is COc1ccccc1-c1nnc(SC(C)c2nc(C(C)(C)C)no2)n1-c1ccc(Cl)cc1. The Labute approximate surface area is 196 Å². The summed E-state index contributed by atoms with van der Waals surface area (Å²) in [4.78, 5) is 4.59. The lowest BCUT2D eigenvalue weighted by atomic mass is 9.96. The van der Waals surface area contributed by atoms with E-state index in [9.17, 15) is 0 Å². The second kappa shape index (κ2) is 8.96. The Morgan fingerprint density at radius 1 is 1.06 bits per heavy atom.